The molecule has 0 bridgehead atoms. The Balaban J connectivity index is 2.51. The van der Waals surface area contributed by atoms with Crippen molar-refractivity contribution in [3.63, 3.8) is 0 Å². The fraction of sp³-hybridized carbons (Fsp3) is 0.857. The molecule has 0 radical (unpaired) electrons. The third-order valence-corrected chi connectivity index (χ3v) is 2.10. The average Bonchev–Trinajstić information content (AvgIpc) is 2.37. The van der Waals surface area contributed by atoms with Crippen molar-refractivity contribution in [2.45, 2.75) is 32.6 Å². The van der Waals surface area contributed by atoms with Gasteiger partial charge in [-0.05, 0) is 12.8 Å². The fourth-order valence-corrected chi connectivity index (χ4v) is 1.43. The summed E-state index contributed by atoms with van der Waals surface area (Å²) < 4.78 is 0. The van der Waals surface area contributed by atoms with Gasteiger partial charge < -0.3 is 5.53 Å². The van der Waals surface area contributed by atoms with E-state index >= 15 is 0 Å². The summed E-state index contributed by atoms with van der Waals surface area (Å²) >= 11 is 0. The summed E-state index contributed by atoms with van der Waals surface area (Å²) in [6.07, 6.45) is 5.04. The maximum atomic E-state index is 8.38. The molecule has 0 unspecified atom stereocenters. The summed E-state index contributed by atoms with van der Waals surface area (Å²) in [7, 11) is 0. The molecule has 9 heavy (non-hydrogen) atoms. The third kappa shape index (κ3) is 1.39. The maximum Gasteiger partial charge on any atom is 0.268 e. The molecule has 0 saturated heterocycles. The van der Waals surface area contributed by atoms with Gasteiger partial charge in [-0.25, -0.2) is 0 Å². The first-order valence-electron chi connectivity index (χ1n) is 3.53. The van der Waals surface area contributed by atoms with Crippen molar-refractivity contribution in [1.82, 2.24) is 0 Å². The van der Waals surface area contributed by atoms with Gasteiger partial charge in [-0.3, -0.25) is 0 Å². The van der Waals surface area contributed by atoms with Crippen molar-refractivity contribution in [2.75, 3.05) is 0 Å². The second kappa shape index (κ2) is 2.79. The number of rotatable bonds is 1. The van der Waals surface area contributed by atoms with E-state index in [-0.39, 0.29) is 0 Å². The van der Waals surface area contributed by atoms with E-state index in [0.717, 1.165) is 5.71 Å². The lowest BCUT2D eigenvalue weighted by molar-refractivity contribution is -0.0133. The second-order valence-electron chi connectivity index (χ2n) is 2.72. The van der Waals surface area contributed by atoms with Crippen LogP contribution in [0.25, 0.3) is 5.53 Å². The fourth-order valence-electron chi connectivity index (χ4n) is 1.43. The highest BCUT2D eigenvalue weighted by Crippen LogP contribution is 2.24. The van der Waals surface area contributed by atoms with Gasteiger partial charge >= 0.3 is 0 Å². The molecule has 1 saturated carbocycles. The number of hydrogen-bond acceptors (Lipinski definition) is 0. The van der Waals surface area contributed by atoms with E-state index in [1.807, 2.05) is 6.92 Å². The lowest BCUT2D eigenvalue weighted by Gasteiger charge is -1.95. The van der Waals surface area contributed by atoms with E-state index < -0.39 is 0 Å². The van der Waals surface area contributed by atoms with Crippen molar-refractivity contribution < 1.29 is 4.79 Å². The molecule has 50 valence electrons. The van der Waals surface area contributed by atoms with Crippen LogP contribution in [0.15, 0.2) is 0 Å². The summed E-state index contributed by atoms with van der Waals surface area (Å²) in [6, 6.07) is 0. The quantitative estimate of drug-likeness (QED) is 0.291. The molecule has 1 fully saturated rings. The smallest absolute Gasteiger partial charge is 0.268 e. The van der Waals surface area contributed by atoms with E-state index in [0.29, 0.717) is 5.92 Å². The van der Waals surface area contributed by atoms with Gasteiger partial charge in [-0.2, -0.15) is 4.79 Å². The number of nitrogens with zero attached hydrogens (tertiary/aromatic N) is 2. The molecule has 2 nitrogen and oxygen atoms in total. The van der Waals surface area contributed by atoms with Gasteiger partial charge in [0.2, 0.25) is 0 Å². The zero-order valence-electron chi connectivity index (χ0n) is 5.80. The van der Waals surface area contributed by atoms with Gasteiger partial charge in [-0.1, -0.05) is 12.8 Å². The largest absolute Gasteiger partial charge is 0.362 e. The molecule has 1 rings (SSSR count). The molecule has 1 aliphatic rings. The van der Waals surface area contributed by atoms with Crippen molar-refractivity contribution in [3.8, 4) is 0 Å². The molecule has 0 aromatic heterocycles. The van der Waals surface area contributed by atoms with Gasteiger partial charge in [0.1, 0.15) is 0 Å². The van der Waals surface area contributed by atoms with Crippen LogP contribution in [0, 0.1) is 5.92 Å². The Bertz CT molecular complexity index is 139. The zero-order valence-corrected chi connectivity index (χ0v) is 5.80. The molecule has 0 atom stereocenters. The standard InChI is InChI=1S/C7H12N2/c1-6(9-8)7-4-2-3-5-7/h7H,2-5H2,1H3. The van der Waals surface area contributed by atoms with Crippen molar-refractivity contribution in [1.29, 1.82) is 0 Å². The highest BCUT2D eigenvalue weighted by Gasteiger charge is 2.22. The Kier molecular flexibility index (Phi) is 2.01. The Hall–Kier alpha value is -0.620. The first-order valence-corrected chi connectivity index (χ1v) is 3.53. The minimum atomic E-state index is 0.579. The molecule has 2 heteroatoms. The second-order valence-corrected chi connectivity index (χ2v) is 2.72. The van der Waals surface area contributed by atoms with Crippen LogP contribution in [0.3, 0.4) is 0 Å². The van der Waals surface area contributed by atoms with Crippen LogP contribution in [-0.2, 0) is 0 Å². The first-order chi connectivity index (χ1) is 4.34. The van der Waals surface area contributed by atoms with Gasteiger partial charge in [0, 0.05) is 6.92 Å². The molecule has 1 aliphatic carbocycles. The molecule has 0 aromatic rings. The Morgan fingerprint density at radius 1 is 1.44 bits per heavy atom. The van der Waals surface area contributed by atoms with Crippen molar-refractivity contribution >= 4 is 5.71 Å². The molecular weight excluding hydrogens is 112 g/mol. The first kappa shape index (κ1) is 6.50. The summed E-state index contributed by atoms with van der Waals surface area (Å²) in [5.41, 5.74) is 9.29. The average molecular weight is 124 g/mol. The van der Waals surface area contributed by atoms with Gasteiger partial charge in [0.05, 0.1) is 5.92 Å². The monoisotopic (exact) mass is 124 g/mol. The normalized spacial score (nSPS) is 19.7. The van der Waals surface area contributed by atoms with E-state index in [1.54, 1.807) is 0 Å². The van der Waals surface area contributed by atoms with Crippen LogP contribution >= 0.6 is 0 Å². The van der Waals surface area contributed by atoms with Crippen molar-refractivity contribution in [3.05, 3.63) is 5.53 Å². The topological polar surface area (TPSA) is 36.4 Å². The zero-order chi connectivity index (χ0) is 6.69. The third-order valence-electron chi connectivity index (χ3n) is 2.10. The molecular formula is C7H12N2. The van der Waals surface area contributed by atoms with E-state index in [9.17, 15) is 0 Å². The lowest BCUT2D eigenvalue weighted by atomic mass is 10.0. The summed E-state index contributed by atoms with van der Waals surface area (Å²) in [6.45, 7) is 1.90. The Morgan fingerprint density at radius 3 is 2.44 bits per heavy atom. The van der Waals surface area contributed by atoms with E-state index in [4.69, 9.17) is 5.53 Å². The highest BCUT2D eigenvalue weighted by atomic mass is 14.9. The Morgan fingerprint density at radius 2 is 2.00 bits per heavy atom. The van der Waals surface area contributed by atoms with Gasteiger partial charge in [0.25, 0.3) is 5.71 Å². The molecule has 0 amide bonds. The molecule has 0 spiro atoms. The molecule has 0 N–H and O–H groups in total. The van der Waals surface area contributed by atoms with Gasteiger partial charge in [0.15, 0.2) is 0 Å². The minimum absolute atomic E-state index is 0.579. The molecule has 0 heterocycles. The lowest BCUT2D eigenvalue weighted by Crippen LogP contribution is -2.06. The van der Waals surface area contributed by atoms with Crippen LogP contribution < -0.4 is 0 Å². The predicted octanol–water partition coefficient (Wildman–Crippen LogP) is 1.87. The predicted molar refractivity (Wildman–Crippen MR) is 36.3 cm³/mol. The van der Waals surface area contributed by atoms with Gasteiger partial charge in [-0.15, -0.1) is 0 Å². The SMILES string of the molecule is CC(=[N+]=[N-])C1CCCC1. The summed E-state index contributed by atoms with van der Waals surface area (Å²) in [5, 5.41) is 0. The van der Waals surface area contributed by atoms with E-state index in [1.165, 1.54) is 25.7 Å². The van der Waals surface area contributed by atoms with Crippen LogP contribution in [-0.4, -0.2) is 10.5 Å². The summed E-state index contributed by atoms with van der Waals surface area (Å²) in [4.78, 5) is 3.19. The van der Waals surface area contributed by atoms with Crippen LogP contribution in [0.1, 0.15) is 32.6 Å². The highest BCUT2D eigenvalue weighted by molar-refractivity contribution is 5.79. The maximum absolute atomic E-state index is 8.38. The minimum Gasteiger partial charge on any atom is -0.362 e. The molecule has 0 aromatic carbocycles. The number of hydrogen-bond donors (Lipinski definition) is 0. The summed E-state index contributed by atoms with van der Waals surface area (Å²) in [5.74, 6) is 0.579. The molecule has 0 aliphatic heterocycles. The van der Waals surface area contributed by atoms with Crippen LogP contribution in [0.4, 0.5) is 0 Å². The van der Waals surface area contributed by atoms with Crippen LogP contribution in [0.5, 0.6) is 0 Å². The van der Waals surface area contributed by atoms with Crippen LogP contribution in [0.2, 0.25) is 0 Å². The Labute approximate surface area is 55.5 Å². The van der Waals surface area contributed by atoms with E-state index in [2.05, 4.69) is 4.79 Å². The van der Waals surface area contributed by atoms with Crippen molar-refractivity contribution in [2.24, 2.45) is 5.92 Å².